The minimum Gasteiger partial charge on any atom is -0.378 e. The second-order valence-corrected chi connectivity index (χ2v) is 3.97. The van der Waals surface area contributed by atoms with Crippen molar-refractivity contribution in [3.8, 4) is 0 Å². The number of anilines is 1. The van der Waals surface area contributed by atoms with Crippen LogP contribution in [0.5, 0.6) is 0 Å². The Labute approximate surface area is 114 Å². The molecule has 0 saturated heterocycles. The van der Waals surface area contributed by atoms with Gasteiger partial charge in [-0.15, -0.1) is 0 Å². The van der Waals surface area contributed by atoms with Gasteiger partial charge in [-0.05, 0) is 31.0 Å². The first-order valence-electron chi connectivity index (χ1n) is 6.36. The lowest BCUT2D eigenvalue weighted by molar-refractivity contribution is -0.119. The van der Waals surface area contributed by atoms with Gasteiger partial charge in [-0.25, -0.2) is 0 Å². The molecule has 0 saturated carbocycles. The molecule has 0 heterocycles. The van der Waals surface area contributed by atoms with Gasteiger partial charge < -0.3 is 16.8 Å². The first-order chi connectivity index (χ1) is 8.99. The summed E-state index contributed by atoms with van der Waals surface area (Å²) in [5, 5.41) is 2.97. The number of hydrogen-bond acceptors (Lipinski definition) is 4. The number of hydrogen-bond donors (Lipinski definition) is 3. The summed E-state index contributed by atoms with van der Waals surface area (Å²) in [7, 11) is 0. The van der Waals surface area contributed by atoms with Gasteiger partial charge in [-0.2, -0.15) is 0 Å². The number of nitrogens with one attached hydrogen (secondary N) is 1. The standard InChI is InChI=1S/C12H17N3O2.C2H6/c1-8(16)7-15-10-4-2-9(3-5-10)6-11(13)12(14)17;1-2/h2-5,11,15H,6-7,13H2,1H3,(H2,14,17);1-2H3. The molecule has 1 aromatic carbocycles. The maximum atomic E-state index is 10.8. The maximum Gasteiger partial charge on any atom is 0.234 e. The van der Waals surface area contributed by atoms with Crippen LogP contribution in [-0.4, -0.2) is 24.3 Å². The molecular formula is C14H23N3O2. The summed E-state index contributed by atoms with van der Waals surface area (Å²) >= 11 is 0. The van der Waals surface area contributed by atoms with Gasteiger partial charge in [-0.1, -0.05) is 26.0 Å². The summed E-state index contributed by atoms with van der Waals surface area (Å²) in [6, 6.07) is 6.72. The molecule has 1 unspecified atom stereocenters. The van der Waals surface area contributed by atoms with Gasteiger partial charge in [-0.3, -0.25) is 9.59 Å². The molecule has 0 radical (unpaired) electrons. The lowest BCUT2D eigenvalue weighted by Gasteiger charge is -2.08. The summed E-state index contributed by atoms with van der Waals surface area (Å²) in [6.45, 7) is 5.83. The topological polar surface area (TPSA) is 98.2 Å². The van der Waals surface area contributed by atoms with E-state index >= 15 is 0 Å². The molecule has 1 atom stereocenters. The zero-order chi connectivity index (χ0) is 14.8. The Hall–Kier alpha value is -1.88. The van der Waals surface area contributed by atoms with Crippen LogP contribution >= 0.6 is 0 Å². The highest BCUT2D eigenvalue weighted by molar-refractivity contribution is 5.80. The van der Waals surface area contributed by atoms with E-state index in [1.165, 1.54) is 6.92 Å². The summed E-state index contributed by atoms with van der Waals surface area (Å²) in [6.07, 6.45) is 0.419. The van der Waals surface area contributed by atoms with Gasteiger partial charge in [0.05, 0.1) is 12.6 Å². The number of amides is 1. The Morgan fingerprint density at radius 2 is 1.74 bits per heavy atom. The predicted molar refractivity (Wildman–Crippen MR) is 77.8 cm³/mol. The third-order valence-electron chi connectivity index (χ3n) is 2.32. The van der Waals surface area contributed by atoms with Crippen LogP contribution in [0, 0.1) is 0 Å². The Morgan fingerprint density at radius 1 is 1.21 bits per heavy atom. The molecule has 106 valence electrons. The predicted octanol–water partition coefficient (Wildman–Crippen LogP) is 1.07. The molecule has 5 heteroatoms. The highest BCUT2D eigenvalue weighted by Gasteiger charge is 2.09. The molecule has 5 nitrogen and oxygen atoms in total. The molecule has 1 amide bonds. The second-order valence-electron chi connectivity index (χ2n) is 3.97. The number of ketones is 1. The van der Waals surface area contributed by atoms with E-state index in [0.717, 1.165) is 11.3 Å². The van der Waals surface area contributed by atoms with Crippen molar-refractivity contribution in [3.05, 3.63) is 29.8 Å². The molecular weight excluding hydrogens is 242 g/mol. The van der Waals surface area contributed by atoms with Gasteiger partial charge in [0.15, 0.2) is 0 Å². The van der Waals surface area contributed by atoms with Crippen molar-refractivity contribution < 1.29 is 9.59 Å². The van der Waals surface area contributed by atoms with E-state index in [4.69, 9.17) is 11.5 Å². The maximum absolute atomic E-state index is 10.8. The molecule has 0 fully saturated rings. The highest BCUT2D eigenvalue weighted by Crippen LogP contribution is 2.10. The van der Waals surface area contributed by atoms with Crippen molar-refractivity contribution in [1.29, 1.82) is 0 Å². The largest absolute Gasteiger partial charge is 0.378 e. The van der Waals surface area contributed by atoms with Crippen LogP contribution in [0.1, 0.15) is 26.3 Å². The summed E-state index contributed by atoms with van der Waals surface area (Å²) in [4.78, 5) is 21.6. The molecule has 0 bridgehead atoms. The number of benzene rings is 1. The molecule has 0 aliphatic heterocycles. The van der Waals surface area contributed by atoms with Gasteiger partial charge in [0.2, 0.25) is 5.91 Å². The fourth-order valence-electron chi connectivity index (χ4n) is 1.34. The van der Waals surface area contributed by atoms with Crippen molar-refractivity contribution in [2.45, 2.75) is 33.2 Å². The Kier molecular flexibility index (Phi) is 8.20. The molecule has 19 heavy (non-hydrogen) atoms. The highest BCUT2D eigenvalue weighted by atomic mass is 16.1. The van der Waals surface area contributed by atoms with Crippen molar-refractivity contribution >= 4 is 17.4 Å². The van der Waals surface area contributed by atoms with E-state index < -0.39 is 11.9 Å². The zero-order valence-electron chi connectivity index (χ0n) is 11.8. The minimum absolute atomic E-state index is 0.0739. The van der Waals surface area contributed by atoms with E-state index in [0.29, 0.717) is 13.0 Å². The first-order valence-corrected chi connectivity index (χ1v) is 6.36. The number of primary amides is 1. The van der Waals surface area contributed by atoms with Crippen molar-refractivity contribution in [2.75, 3.05) is 11.9 Å². The van der Waals surface area contributed by atoms with Crippen molar-refractivity contribution in [3.63, 3.8) is 0 Å². The van der Waals surface area contributed by atoms with Crippen LogP contribution in [0.15, 0.2) is 24.3 Å². The van der Waals surface area contributed by atoms with Gasteiger partial charge >= 0.3 is 0 Å². The van der Waals surface area contributed by atoms with E-state index in [1.54, 1.807) is 0 Å². The number of Topliss-reactive ketones (excluding diaryl/α,β-unsaturated/α-hetero) is 1. The average molecular weight is 265 g/mol. The van der Waals surface area contributed by atoms with Crippen LogP contribution in [-0.2, 0) is 16.0 Å². The van der Waals surface area contributed by atoms with Crippen LogP contribution in [0.2, 0.25) is 0 Å². The number of carbonyl (C=O) groups is 2. The molecule has 0 aliphatic carbocycles. The normalized spacial score (nSPS) is 10.9. The van der Waals surface area contributed by atoms with E-state index in [2.05, 4.69) is 5.32 Å². The van der Waals surface area contributed by atoms with Crippen LogP contribution in [0.3, 0.4) is 0 Å². The van der Waals surface area contributed by atoms with Crippen molar-refractivity contribution in [2.24, 2.45) is 11.5 Å². The molecule has 0 aliphatic rings. The third-order valence-corrected chi connectivity index (χ3v) is 2.32. The fourth-order valence-corrected chi connectivity index (χ4v) is 1.34. The molecule has 5 N–H and O–H groups in total. The summed E-state index contributed by atoms with van der Waals surface area (Å²) in [5.41, 5.74) is 12.4. The quantitative estimate of drug-likeness (QED) is 0.716. The molecule has 1 rings (SSSR count). The van der Waals surface area contributed by atoms with Crippen LogP contribution in [0.25, 0.3) is 0 Å². The number of carbonyl (C=O) groups excluding carboxylic acids is 2. The summed E-state index contributed by atoms with van der Waals surface area (Å²) < 4.78 is 0. The zero-order valence-corrected chi connectivity index (χ0v) is 11.8. The van der Waals surface area contributed by atoms with Crippen molar-refractivity contribution in [1.82, 2.24) is 0 Å². The summed E-state index contributed by atoms with van der Waals surface area (Å²) in [5.74, 6) is -0.436. The van der Waals surface area contributed by atoms with Gasteiger partial charge in [0, 0.05) is 5.69 Å². The first kappa shape index (κ1) is 17.1. The Balaban J connectivity index is 0.00000154. The molecule has 1 aromatic rings. The lowest BCUT2D eigenvalue weighted by Crippen LogP contribution is -2.38. The molecule has 0 spiro atoms. The SMILES string of the molecule is CC.CC(=O)CNc1ccc(CC(N)C(N)=O)cc1. The van der Waals surface area contributed by atoms with E-state index in [9.17, 15) is 9.59 Å². The second kappa shape index (κ2) is 9.10. The Morgan fingerprint density at radius 3 is 2.16 bits per heavy atom. The number of nitrogens with two attached hydrogens (primary N) is 2. The van der Waals surface area contributed by atoms with Gasteiger partial charge in [0.1, 0.15) is 5.78 Å². The van der Waals surface area contributed by atoms with E-state index in [1.807, 2.05) is 38.1 Å². The minimum atomic E-state index is -0.661. The van der Waals surface area contributed by atoms with Crippen LogP contribution < -0.4 is 16.8 Å². The number of rotatable bonds is 6. The monoisotopic (exact) mass is 265 g/mol. The third kappa shape index (κ3) is 7.21. The van der Waals surface area contributed by atoms with E-state index in [-0.39, 0.29) is 5.78 Å². The Bertz CT molecular complexity index is 402. The lowest BCUT2D eigenvalue weighted by atomic mass is 10.1. The molecule has 0 aromatic heterocycles. The smallest absolute Gasteiger partial charge is 0.234 e. The average Bonchev–Trinajstić information content (AvgIpc) is 2.40. The van der Waals surface area contributed by atoms with Gasteiger partial charge in [0.25, 0.3) is 0 Å². The van der Waals surface area contributed by atoms with Crippen LogP contribution in [0.4, 0.5) is 5.69 Å². The fraction of sp³-hybridized carbons (Fsp3) is 0.429.